The molecule has 0 aliphatic heterocycles. The maximum atomic E-state index is 4.37. The number of anilines is 1. The first-order valence-corrected chi connectivity index (χ1v) is 5.89. The van der Waals surface area contributed by atoms with Crippen LogP contribution in [0.15, 0.2) is 29.0 Å². The van der Waals surface area contributed by atoms with Gasteiger partial charge in [-0.05, 0) is 35.1 Å². The van der Waals surface area contributed by atoms with Gasteiger partial charge < -0.3 is 10.6 Å². The van der Waals surface area contributed by atoms with Crippen molar-refractivity contribution in [2.24, 2.45) is 0 Å². The predicted octanol–water partition coefficient (Wildman–Crippen LogP) is 2.02. The molecule has 0 aromatic carbocycles. The van der Waals surface area contributed by atoms with Crippen molar-refractivity contribution in [1.29, 1.82) is 0 Å². The highest BCUT2D eigenvalue weighted by atomic mass is 79.9. The average molecular weight is 281 g/mol. The highest BCUT2D eigenvalue weighted by molar-refractivity contribution is 9.10. The Labute approximate surface area is 103 Å². The van der Waals surface area contributed by atoms with Crippen molar-refractivity contribution in [1.82, 2.24) is 15.3 Å². The average Bonchev–Trinajstić information content (AvgIpc) is 2.29. The molecule has 2 rings (SSSR count). The Morgan fingerprint density at radius 1 is 1.31 bits per heavy atom. The van der Waals surface area contributed by atoms with E-state index in [2.05, 4.69) is 36.5 Å². The van der Waals surface area contributed by atoms with Crippen molar-refractivity contribution in [3.63, 3.8) is 0 Å². The molecule has 4 nitrogen and oxygen atoms in total. The van der Waals surface area contributed by atoms with Gasteiger partial charge in [0, 0.05) is 30.0 Å². The molecule has 0 bridgehead atoms. The molecule has 2 N–H and O–H groups in total. The number of fused-ring (bicyclic) bond motifs is 1. The van der Waals surface area contributed by atoms with Crippen molar-refractivity contribution >= 4 is 32.7 Å². The van der Waals surface area contributed by atoms with Gasteiger partial charge in [-0.25, -0.2) is 0 Å². The van der Waals surface area contributed by atoms with Crippen LogP contribution in [0.1, 0.15) is 0 Å². The van der Waals surface area contributed by atoms with E-state index in [-0.39, 0.29) is 0 Å². The number of nitrogens with one attached hydrogen (secondary N) is 2. The molecular formula is C11H13BrN4. The van der Waals surface area contributed by atoms with Crippen molar-refractivity contribution in [3.05, 3.63) is 29.0 Å². The van der Waals surface area contributed by atoms with Gasteiger partial charge in [-0.2, -0.15) is 0 Å². The molecule has 0 unspecified atom stereocenters. The smallest absolute Gasteiger partial charge is 0.112 e. The van der Waals surface area contributed by atoms with E-state index in [1.54, 1.807) is 12.4 Å². The first kappa shape index (κ1) is 11.3. The van der Waals surface area contributed by atoms with E-state index >= 15 is 0 Å². The monoisotopic (exact) mass is 280 g/mol. The van der Waals surface area contributed by atoms with E-state index < -0.39 is 0 Å². The van der Waals surface area contributed by atoms with E-state index in [0.717, 1.165) is 34.3 Å². The first-order chi connectivity index (χ1) is 7.81. The molecule has 2 heterocycles. The normalized spacial score (nSPS) is 10.6. The summed E-state index contributed by atoms with van der Waals surface area (Å²) in [4.78, 5) is 8.65. The summed E-state index contributed by atoms with van der Waals surface area (Å²) in [6.07, 6.45) is 3.57. The summed E-state index contributed by atoms with van der Waals surface area (Å²) in [5.74, 6) is 0. The summed E-state index contributed by atoms with van der Waals surface area (Å²) >= 11 is 3.39. The number of rotatable bonds is 4. The van der Waals surface area contributed by atoms with Crippen LogP contribution in [0.2, 0.25) is 0 Å². The number of likely N-dealkylation sites (N-methyl/N-ethyl adjacent to an activating group) is 1. The predicted molar refractivity (Wildman–Crippen MR) is 69.7 cm³/mol. The molecule has 0 aliphatic rings. The fourth-order valence-corrected chi connectivity index (χ4v) is 1.79. The van der Waals surface area contributed by atoms with Crippen LogP contribution < -0.4 is 10.6 Å². The second kappa shape index (κ2) is 5.23. The third-order valence-corrected chi connectivity index (χ3v) is 2.67. The lowest BCUT2D eigenvalue weighted by Gasteiger charge is -2.08. The Morgan fingerprint density at radius 2 is 2.19 bits per heavy atom. The van der Waals surface area contributed by atoms with Gasteiger partial charge in [0.25, 0.3) is 0 Å². The Balaban J connectivity index is 2.30. The zero-order valence-electron chi connectivity index (χ0n) is 9.00. The fourth-order valence-electron chi connectivity index (χ4n) is 1.47. The van der Waals surface area contributed by atoms with Gasteiger partial charge in [0.15, 0.2) is 0 Å². The molecule has 2 aromatic rings. The highest BCUT2D eigenvalue weighted by Gasteiger charge is 2.02. The second-order valence-electron chi connectivity index (χ2n) is 3.41. The zero-order valence-corrected chi connectivity index (χ0v) is 10.6. The van der Waals surface area contributed by atoms with Gasteiger partial charge >= 0.3 is 0 Å². The standard InChI is InChI=1S/C11H13BrN4/c1-13-4-5-15-9-2-3-14-10-6-8(12)7-16-11(9)10/h2-3,6-7,13H,4-5H2,1H3,(H,14,15). The number of hydrogen-bond acceptors (Lipinski definition) is 4. The first-order valence-electron chi connectivity index (χ1n) is 5.10. The molecule has 0 amide bonds. The van der Waals surface area contributed by atoms with Gasteiger partial charge in [0.1, 0.15) is 5.52 Å². The minimum absolute atomic E-state index is 0.868. The SMILES string of the molecule is CNCCNc1ccnc2cc(Br)cnc12. The van der Waals surface area contributed by atoms with E-state index in [9.17, 15) is 0 Å². The number of aromatic nitrogens is 2. The van der Waals surface area contributed by atoms with E-state index in [1.165, 1.54) is 0 Å². The largest absolute Gasteiger partial charge is 0.382 e. The van der Waals surface area contributed by atoms with Crippen LogP contribution in [0.4, 0.5) is 5.69 Å². The van der Waals surface area contributed by atoms with Gasteiger partial charge in [0.05, 0.1) is 11.2 Å². The molecular weight excluding hydrogens is 268 g/mol. The van der Waals surface area contributed by atoms with E-state index in [1.807, 2.05) is 19.2 Å². The summed E-state index contributed by atoms with van der Waals surface area (Å²) in [6.45, 7) is 1.79. The van der Waals surface area contributed by atoms with Crippen LogP contribution >= 0.6 is 15.9 Å². The summed E-state index contributed by atoms with van der Waals surface area (Å²) < 4.78 is 0.944. The number of halogens is 1. The molecule has 2 aromatic heterocycles. The van der Waals surface area contributed by atoms with Gasteiger partial charge in [-0.3, -0.25) is 9.97 Å². The minimum Gasteiger partial charge on any atom is -0.382 e. The number of nitrogens with zero attached hydrogens (tertiary/aromatic N) is 2. The zero-order chi connectivity index (χ0) is 11.4. The van der Waals surface area contributed by atoms with Crippen LogP contribution in [-0.2, 0) is 0 Å². The molecule has 0 saturated carbocycles. The molecule has 0 atom stereocenters. The Kier molecular flexibility index (Phi) is 3.69. The summed E-state index contributed by atoms with van der Waals surface area (Å²) in [6, 6.07) is 3.91. The lowest BCUT2D eigenvalue weighted by Crippen LogP contribution is -2.17. The molecule has 0 spiro atoms. The van der Waals surface area contributed by atoms with Crippen molar-refractivity contribution < 1.29 is 0 Å². The summed E-state index contributed by atoms with van der Waals surface area (Å²) in [5.41, 5.74) is 2.82. The quantitative estimate of drug-likeness (QED) is 0.842. The van der Waals surface area contributed by atoms with Crippen LogP contribution in [0.5, 0.6) is 0 Å². The molecule has 0 saturated heterocycles. The Hall–Kier alpha value is -1.20. The van der Waals surface area contributed by atoms with Crippen molar-refractivity contribution in [2.45, 2.75) is 0 Å². The van der Waals surface area contributed by atoms with E-state index in [0.29, 0.717) is 0 Å². The minimum atomic E-state index is 0.868. The summed E-state index contributed by atoms with van der Waals surface area (Å²) in [5, 5.41) is 6.42. The van der Waals surface area contributed by atoms with Gasteiger partial charge in [0.2, 0.25) is 0 Å². The fraction of sp³-hybridized carbons (Fsp3) is 0.273. The van der Waals surface area contributed by atoms with Crippen molar-refractivity contribution in [3.8, 4) is 0 Å². The maximum absolute atomic E-state index is 4.37. The molecule has 0 radical (unpaired) electrons. The van der Waals surface area contributed by atoms with E-state index in [4.69, 9.17) is 0 Å². The van der Waals surface area contributed by atoms with Gasteiger partial charge in [-0.1, -0.05) is 0 Å². The lowest BCUT2D eigenvalue weighted by molar-refractivity contribution is 0.824. The molecule has 84 valence electrons. The topological polar surface area (TPSA) is 49.8 Å². The third kappa shape index (κ3) is 2.48. The lowest BCUT2D eigenvalue weighted by atomic mass is 10.3. The summed E-state index contributed by atoms with van der Waals surface area (Å²) in [7, 11) is 1.93. The Morgan fingerprint density at radius 3 is 3.00 bits per heavy atom. The maximum Gasteiger partial charge on any atom is 0.112 e. The third-order valence-electron chi connectivity index (χ3n) is 2.23. The molecule has 0 fully saturated rings. The number of pyridine rings is 2. The van der Waals surface area contributed by atoms with Gasteiger partial charge in [-0.15, -0.1) is 0 Å². The van der Waals surface area contributed by atoms with Crippen LogP contribution in [0, 0.1) is 0 Å². The second-order valence-corrected chi connectivity index (χ2v) is 4.33. The van der Waals surface area contributed by atoms with Crippen molar-refractivity contribution in [2.75, 3.05) is 25.5 Å². The highest BCUT2D eigenvalue weighted by Crippen LogP contribution is 2.21. The molecule has 5 heteroatoms. The Bertz CT molecular complexity index is 486. The van der Waals surface area contributed by atoms with Crippen LogP contribution in [0.3, 0.4) is 0 Å². The number of hydrogen-bond donors (Lipinski definition) is 2. The van der Waals surface area contributed by atoms with Crippen LogP contribution in [0.25, 0.3) is 11.0 Å². The molecule has 0 aliphatic carbocycles. The molecule has 16 heavy (non-hydrogen) atoms. The van der Waals surface area contributed by atoms with Crippen LogP contribution in [-0.4, -0.2) is 30.1 Å².